The summed E-state index contributed by atoms with van der Waals surface area (Å²) in [6, 6.07) is 0. The Morgan fingerprint density at radius 3 is 3.00 bits per heavy atom. The van der Waals surface area contributed by atoms with Crippen molar-refractivity contribution in [3.63, 3.8) is 0 Å². The van der Waals surface area contributed by atoms with Gasteiger partial charge in [-0.05, 0) is 0 Å². The van der Waals surface area contributed by atoms with Crippen LogP contribution < -0.4 is 5.32 Å². The van der Waals surface area contributed by atoms with E-state index in [1.807, 2.05) is 6.92 Å². The van der Waals surface area contributed by atoms with E-state index in [2.05, 4.69) is 20.5 Å². The predicted octanol–water partition coefficient (Wildman–Crippen LogP) is -0.764. The molecular weight excluding hydrogens is 342 g/mol. The van der Waals surface area contributed by atoms with Crippen molar-refractivity contribution in [3.8, 4) is 0 Å². The van der Waals surface area contributed by atoms with Crippen LogP contribution in [0.25, 0.3) is 0 Å². The molecule has 1 saturated heterocycles. The van der Waals surface area contributed by atoms with Gasteiger partial charge in [-0.25, -0.2) is 13.4 Å². The van der Waals surface area contributed by atoms with E-state index in [9.17, 15) is 13.2 Å². The lowest BCUT2D eigenvalue weighted by Gasteiger charge is -2.31. The van der Waals surface area contributed by atoms with Crippen molar-refractivity contribution in [2.75, 3.05) is 38.2 Å². The summed E-state index contributed by atoms with van der Waals surface area (Å²) in [6.07, 6.45) is 1.60. The molecule has 1 aliphatic heterocycles. The Hall–Kier alpha value is -1.17. The van der Waals surface area contributed by atoms with Gasteiger partial charge in [0.15, 0.2) is 0 Å². The summed E-state index contributed by atoms with van der Waals surface area (Å²) in [6.45, 7) is 3.18. The third kappa shape index (κ3) is 5.75. The summed E-state index contributed by atoms with van der Waals surface area (Å²) in [5.41, 5.74) is 0. The maximum Gasteiger partial charge on any atom is 0.230 e. The van der Waals surface area contributed by atoms with E-state index in [1.165, 1.54) is 22.3 Å². The molecule has 0 unspecified atom stereocenters. The van der Waals surface area contributed by atoms with Crippen LogP contribution in [0.3, 0.4) is 0 Å². The van der Waals surface area contributed by atoms with Crippen molar-refractivity contribution in [1.82, 2.24) is 24.8 Å². The maximum atomic E-state index is 11.8. The third-order valence-electron chi connectivity index (χ3n) is 3.28. The van der Waals surface area contributed by atoms with E-state index < -0.39 is 10.0 Å². The Morgan fingerprint density at radius 2 is 2.35 bits per heavy atom. The predicted molar refractivity (Wildman–Crippen MR) is 85.7 cm³/mol. The van der Waals surface area contributed by atoms with Crippen molar-refractivity contribution in [2.24, 2.45) is 0 Å². The Labute approximate surface area is 139 Å². The van der Waals surface area contributed by atoms with Gasteiger partial charge in [0.1, 0.15) is 5.82 Å². The van der Waals surface area contributed by atoms with E-state index in [1.54, 1.807) is 0 Å². The fourth-order valence-electron chi connectivity index (χ4n) is 2.03. The molecule has 1 amide bonds. The molecule has 130 valence electrons. The van der Waals surface area contributed by atoms with Crippen molar-refractivity contribution in [1.29, 1.82) is 0 Å². The lowest BCUT2D eigenvalue weighted by molar-refractivity contribution is -0.119. The third-order valence-corrected chi connectivity index (χ3v) is 5.39. The number of rotatable bonds is 7. The smallest absolute Gasteiger partial charge is 0.230 e. The number of hydrogen-bond donors (Lipinski definition) is 2. The molecule has 2 N–H and O–H groups in total. The molecular formula is C12H21N5O4S2. The van der Waals surface area contributed by atoms with Gasteiger partial charge in [-0.3, -0.25) is 9.89 Å². The number of amides is 1. The molecule has 1 aromatic rings. The highest BCUT2D eigenvalue weighted by Crippen LogP contribution is 2.12. The number of H-pyrrole nitrogens is 1. The summed E-state index contributed by atoms with van der Waals surface area (Å²) in [5.74, 6) is 0.811. The van der Waals surface area contributed by atoms with Gasteiger partial charge < -0.3 is 10.1 Å². The number of sulfonamides is 1. The average Bonchev–Trinajstić information content (AvgIpc) is 2.98. The Bertz CT molecular complexity index is 633. The van der Waals surface area contributed by atoms with Gasteiger partial charge in [0.05, 0.1) is 24.7 Å². The van der Waals surface area contributed by atoms with Crippen LogP contribution in [-0.2, 0) is 26.0 Å². The number of thioether (sulfide) groups is 1. The Morgan fingerprint density at radius 1 is 1.57 bits per heavy atom. The molecule has 0 saturated carbocycles. The molecule has 0 aromatic carbocycles. The summed E-state index contributed by atoms with van der Waals surface area (Å²) in [5, 5.41) is 10.1. The van der Waals surface area contributed by atoms with Gasteiger partial charge in [-0.2, -0.15) is 4.31 Å². The first kappa shape index (κ1) is 18.2. The molecule has 0 aliphatic carbocycles. The molecule has 11 heteroatoms. The molecule has 9 nitrogen and oxygen atoms in total. The standard InChI is InChI=1S/C12H21N5O4S2/c1-3-10-14-12(16-15-10)22-8-11(18)13-6-9-7-17(4-5-21-9)23(2,19)20/h9H,3-8H2,1-2H3,(H,13,18)(H,14,15,16)/t9-/m1/s1. The molecule has 0 radical (unpaired) electrons. The van der Waals surface area contributed by atoms with Gasteiger partial charge in [0, 0.05) is 26.1 Å². The zero-order chi connectivity index (χ0) is 16.9. The summed E-state index contributed by atoms with van der Waals surface area (Å²) in [4.78, 5) is 16.0. The van der Waals surface area contributed by atoms with Crippen LogP contribution in [0.15, 0.2) is 5.16 Å². The van der Waals surface area contributed by atoms with Gasteiger partial charge in [-0.15, -0.1) is 5.10 Å². The SMILES string of the molecule is CCc1nc(SCC(=O)NC[C@@H]2CN(S(C)(=O)=O)CCO2)n[nH]1. The van der Waals surface area contributed by atoms with Crippen molar-refractivity contribution in [3.05, 3.63) is 5.82 Å². The Kier molecular flexibility index (Phi) is 6.39. The topological polar surface area (TPSA) is 117 Å². The molecule has 0 bridgehead atoms. The van der Waals surface area contributed by atoms with Crippen molar-refractivity contribution >= 4 is 27.7 Å². The highest BCUT2D eigenvalue weighted by atomic mass is 32.2. The van der Waals surface area contributed by atoms with E-state index in [4.69, 9.17) is 4.74 Å². The van der Waals surface area contributed by atoms with E-state index in [0.29, 0.717) is 18.3 Å². The number of morpholine rings is 1. The number of aryl methyl sites for hydroxylation is 1. The van der Waals surface area contributed by atoms with Crippen LogP contribution in [0, 0.1) is 0 Å². The van der Waals surface area contributed by atoms with Crippen molar-refractivity contribution in [2.45, 2.75) is 24.6 Å². The number of aromatic amines is 1. The zero-order valence-electron chi connectivity index (χ0n) is 13.1. The first-order valence-corrected chi connectivity index (χ1v) is 10.1. The fourth-order valence-corrected chi connectivity index (χ4v) is 3.52. The molecule has 2 rings (SSSR count). The summed E-state index contributed by atoms with van der Waals surface area (Å²) in [7, 11) is -3.23. The van der Waals surface area contributed by atoms with E-state index in [-0.39, 0.29) is 30.9 Å². The van der Waals surface area contributed by atoms with Crippen LogP contribution in [0.2, 0.25) is 0 Å². The molecule has 1 atom stereocenters. The number of hydrogen-bond acceptors (Lipinski definition) is 7. The quantitative estimate of drug-likeness (QED) is 0.611. The molecule has 1 fully saturated rings. The molecule has 1 aliphatic rings. The second kappa shape index (κ2) is 8.08. The number of nitrogens with one attached hydrogen (secondary N) is 2. The van der Waals surface area contributed by atoms with E-state index >= 15 is 0 Å². The second-order valence-electron chi connectivity index (χ2n) is 5.12. The van der Waals surface area contributed by atoms with Crippen molar-refractivity contribution < 1.29 is 17.9 Å². The minimum atomic E-state index is -3.23. The monoisotopic (exact) mass is 363 g/mol. The Balaban J connectivity index is 1.71. The van der Waals surface area contributed by atoms with Crippen LogP contribution in [-0.4, -0.2) is 78.2 Å². The molecule has 23 heavy (non-hydrogen) atoms. The summed E-state index contributed by atoms with van der Waals surface area (Å²) < 4.78 is 29.9. The van der Waals surface area contributed by atoms with Gasteiger partial charge >= 0.3 is 0 Å². The van der Waals surface area contributed by atoms with Gasteiger partial charge in [0.2, 0.25) is 21.1 Å². The number of carbonyl (C=O) groups excluding carboxylic acids is 1. The molecule has 2 heterocycles. The summed E-state index contributed by atoms with van der Waals surface area (Å²) >= 11 is 1.24. The highest BCUT2D eigenvalue weighted by Gasteiger charge is 2.26. The zero-order valence-corrected chi connectivity index (χ0v) is 14.7. The minimum Gasteiger partial charge on any atom is -0.374 e. The number of carbonyl (C=O) groups is 1. The lowest BCUT2D eigenvalue weighted by atomic mass is 10.3. The maximum absolute atomic E-state index is 11.8. The van der Waals surface area contributed by atoms with Crippen LogP contribution in [0.4, 0.5) is 0 Å². The molecule has 1 aromatic heterocycles. The minimum absolute atomic E-state index is 0.169. The largest absolute Gasteiger partial charge is 0.374 e. The fraction of sp³-hybridized carbons (Fsp3) is 0.750. The van der Waals surface area contributed by atoms with Crippen LogP contribution in [0.5, 0.6) is 0 Å². The van der Waals surface area contributed by atoms with Crippen LogP contribution in [0.1, 0.15) is 12.7 Å². The van der Waals surface area contributed by atoms with Gasteiger partial charge in [0.25, 0.3) is 0 Å². The molecule has 0 spiro atoms. The number of nitrogens with zero attached hydrogens (tertiary/aromatic N) is 3. The number of ether oxygens (including phenoxy) is 1. The highest BCUT2D eigenvalue weighted by molar-refractivity contribution is 7.99. The van der Waals surface area contributed by atoms with E-state index in [0.717, 1.165) is 12.2 Å². The van der Waals surface area contributed by atoms with Gasteiger partial charge in [-0.1, -0.05) is 18.7 Å². The average molecular weight is 363 g/mol. The second-order valence-corrected chi connectivity index (χ2v) is 8.05. The number of aromatic nitrogens is 3. The normalized spacial score (nSPS) is 19.7. The lowest BCUT2D eigenvalue weighted by Crippen LogP contribution is -2.49. The first-order chi connectivity index (χ1) is 10.9. The first-order valence-electron chi connectivity index (χ1n) is 7.26. The van der Waals surface area contributed by atoms with Crippen LogP contribution >= 0.6 is 11.8 Å².